The second-order valence-corrected chi connectivity index (χ2v) is 5.19. The van der Waals surface area contributed by atoms with Crippen LogP contribution >= 0.6 is 27.5 Å². The summed E-state index contributed by atoms with van der Waals surface area (Å²) in [5.74, 6) is -0.501. The fourth-order valence-electron chi connectivity index (χ4n) is 1.60. The lowest BCUT2D eigenvalue weighted by Gasteiger charge is -2.09. The minimum absolute atomic E-state index is 0.0504. The van der Waals surface area contributed by atoms with Crippen molar-refractivity contribution in [1.82, 2.24) is 0 Å². The fraction of sp³-hybridized carbons (Fsp3) is 0.0714. The van der Waals surface area contributed by atoms with E-state index in [0.717, 1.165) is 15.7 Å². The van der Waals surface area contributed by atoms with Gasteiger partial charge in [0.2, 0.25) is 0 Å². The Bertz CT molecular complexity index is 652. The van der Waals surface area contributed by atoms with E-state index in [4.69, 9.17) is 16.9 Å². The van der Waals surface area contributed by atoms with E-state index < -0.39 is 5.82 Å². The molecular formula is C14H9BrClFN2. The van der Waals surface area contributed by atoms with Gasteiger partial charge in [0.05, 0.1) is 5.56 Å². The summed E-state index contributed by atoms with van der Waals surface area (Å²) in [6.07, 6.45) is 0. The lowest BCUT2D eigenvalue weighted by molar-refractivity contribution is 0.623. The Hall–Kier alpha value is -1.57. The average Bonchev–Trinajstić information content (AvgIpc) is 2.39. The van der Waals surface area contributed by atoms with Crippen molar-refractivity contribution in [2.24, 2.45) is 0 Å². The van der Waals surface area contributed by atoms with E-state index in [1.165, 1.54) is 12.1 Å². The highest BCUT2D eigenvalue weighted by atomic mass is 79.9. The fourth-order valence-corrected chi connectivity index (χ4v) is 2.42. The molecule has 19 heavy (non-hydrogen) atoms. The molecule has 0 saturated heterocycles. The Labute approximate surface area is 123 Å². The molecule has 0 heterocycles. The predicted octanol–water partition coefficient (Wildman–Crippen LogP) is 4.73. The van der Waals surface area contributed by atoms with Crippen LogP contribution in [0.25, 0.3) is 0 Å². The first-order chi connectivity index (χ1) is 9.10. The molecule has 2 nitrogen and oxygen atoms in total. The summed E-state index contributed by atoms with van der Waals surface area (Å²) in [6, 6.07) is 11.7. The zero-order valence-corrected chi connectivity index (χ0v) is 12.1. The normalized spacial score (nSPS) is 10.0. The van der Waals surface area contributed by atoms with Crippen LogP contribution in [0.5, 0.6) is 0 Å². The Morgan fingerprint density at radius 2 is 2.05 bits per heavy atom. The maximum absolute atomic E-state index is 13.2. The van der Waals surface area contributed by atoms with Gasteiger partial charge in [0.25, 0.3) is 0 Å². The molecule has 0 aliphatic heterocycles. The predicted molar refractivity (Wildman–Crippen MR) is 77.6 cm³/mol. The van der Waals surface area contributed by atoms with E-state index >= 15 is 0 Å². The van der Waals surface area contributed by atoms with Crippen molar-refractivity contribution < 1.29 is 4.39 Å². The van der Waals surface area contributed by atoms with Crippen LogP contribution in [0.3, 0.4) is 0 Å². The lowest BCUT2D eigenvalue weighted by atomic mass is 10.1. The first-order valence-electron chi connectivity index (χ1n) is 5.47. The van der Waals surface area contributed by atoms with E-state index in [1.54, 1.807) is 18.2 Å². The monoisotopic (exact) mass is 338 g/mol. The van der Waals surface area contributed by atoms with Gasteiger partial charge in [-0.3, -0.25) is 0 Å². The van der Waals surface area contributed by atoms with Crippen molar-refractivity contribution in [2.45, 2.75) is 6.54 Å². The maximum atomic E-state index is 13.2. The lowest BCUT2D eigenvalue weighted by Crippen LogP contribution is -2.01. The van der Waals surface area contributed by atoms with Gasteiger partial charge < -0.3 is 5.32 Å². The van der Waals surface area contributed by atoms with Crippen molar-refractivity contribution in [3.63, 3.8) is 0 Å². The second-order valence-electron chi connectivity index (χ2n) is 3.90. The zero-order chi connectivity index (χ0) is 13.8. The van der Waals surface area contributed by atoms with Gasteiger partial charge in [-0.25, -0.2) is 4.39 Å². The molecule has 0 unspecified atom stereocenters. The Balaban J connectivity index is 2.13. The summed E-state index contributed by atoms with van der Waals surface area (Å²) >= 11 is 9.26. The number of benzene rings is 2. The number of hydrogen-bond acceptors (Lipinski definition) is 2. The van der Waals surface area contributed by atoms with E-state index in [-0.39, 0.29) is 5.56 Å². The number of nitriles is 1. The molecule has 0 aliphatic rings. The van der Waals surface area contributed by atoms with Crippen LogP contribution in [0.15, 0.2) is 40.9 Å². The molecule has 2 aromatic carbocycles. The highest BCUT2D eigenvalue weighted by Crippen LogP contribution is 2.26. The summed E-state index contributed by atoms with van der Waals surface area (Å²) in [5, 5.41) is 12.6. The van der Waals surface area contributed by atoms with Crippen molar-refractivity contribution >= 4 is 33.2 Å². The highest BCUT2D eigenvalue weighted by molar-refractivity contribution is 9.10. The third kappa shape index (κ3) is 3.46. The Morgan fingerprint density at radius 3 is 2.74 bits per heavy atom. The topological polar surface area (TPSA) is 35.8 Å². The second kappa shape index (κ2) is 6.05. The van der Waals surface area contributed by atoms with Crippen LogP contribution in [0.2, 0.25) is 5.02 Å². The van der Waals surface area contributed by atoms with Crippen molar-refractivity contribution in [1.29, 1.82) is 5.26 Å². The molecule has 0 aliphatic carbocycles. The molecule has 0 spiro atoms. The molecule has 5 heteroatoms. The van der Waals surface area contributed by atoms with E-state index in [9.17, 15) is 4.39 Å². The SMILES string of the molecule is N#Cc1cc(CNc2ccc(Cl)cc2Br)ccc1F. The van der Waals surface area contributed by atoms with E-state index in [1.807, 2.05) is 12.1 Å². The van der Waals surface area contributed by atoms with Crippen LogP contribution < -0.4 is 5.32 Å². The molecule has 0 atom stereocenters. The Morgan fingerprint density at radius 1 is 1.26 bits per heavy atom. The van der Waals surface area contributed by atoms with E-state index in [0.29, 0.717) is 11.6 Å². The minimum Gasteiger partial charge on any atom is -0.380 e. The zero-order valence-electron chi connectivity index (χ0n) is 9.75. The number of hydrogen-bond donors (Lipinski definition) is 1. The van der Waals surface area contributed by atoms with Gasteiger partial charge in [0.15, 0.2) is 0 Å². The molecule has 0 fully saturated rings. The molecule has 1 N–H and O–H groups in total. The third-order valence-electron chi connectivity index (χ3n) is 2.57. The van der Waals surface area contributed by atoms with Gasteiger partial charge in [-0.2, -0.15) is 5.26 Å². The van der Waals surface area contributed by atoms with Gasteiger partial charge in [-0.1, -0.05) is 17.7 Å². The summed E-state index contributed by atoms with van der Waals surface area (Å²) < 4.78 is 14.0. The van der Waals surface area contributed by atoms with Gasteiger partial charge >= 0.3 is 0 Å². The molecule has 0 amide bonds. The van der Waals surface area contributed by atoms with Gasteiger partial charge in [0, 0.05) is 21.7 Å². The first kappa shape index (κ1) is 13.9. The number of rotatable bonds is 3. The highest BCUT2D eigenvalue weighted by Gasteiger charge is 2.04. The Kier molecular flexibility index (Phi) is 4.41. The summed E-state index contributed by atoms with van der Waals surface area (Å²) in [6.45, 7) is 0.495. The number of nitrogens with zero attached hydrogens (tertiary/aromatic N) is 1. The number of halogens is 3. The average molecular weight is 340 g/mol. The van der Waals surface area contributed by atoms with Gasteiger partial charge in [0.1, 0.15) is 11.9 Å². The van der Waals surface area contributed by atoms with Crippen molar-refractivity contribution in [3.05, 3.63) is 62.8 Å². The minimum atomic E-state index is -0.501. The molecule has 0 radical (unpaired) electrons. The maximum Gasteiger partial charge on any atom is 0.140 e. The molecular weight excluding hydrogens is 331 g/mol. The van der Waals surface area contributed by atoms with Gasteiger partial charge in [-0.15, -0.1) is 0 Å². The summed E-state index contributed by atoms with van der Waals surface area (Å²) in [4.78, 5) is 0. The van der Waals surface area contributed by atoms with Crippen LogP contribution in [-0.4, -0.2) is 0 Å². The van der Waals surface area contributed by atoms with Crippen LogP contribution in [-0.2, 0) is 6.54 Å². The number of nitrogens with one attached hydrogen (secondary N) is 1. The van der Waals surface area contributed by atoms with Crippen LogP contribution in [0.1, 0.15) is 11.1 Å². The van der Waals surface area contributed by atoms with Crippen molar-refractivity contribution in [3.8, 4) is 6.07 Å². The van der Waals surface area contributed by atoms with Crippen LogP contribution in [0.4, 0.5) is 10.1 Å². The van der Waals surface area contributed by atoms with Crippen molar-refractivity contribution in [2.75, 3.05) is 5.32 Å². The smallest absolute Gasteiger partial charge is 0.140 e. The summed E-state index contributed by atoms with van der Waals surface area (Å²) in [5.41, 5.74) is 1.77. The van der Waals surface area contributed by atoms with Gasteiger partial charge in [-0.05, 0) is 51.8 Å². The molecule has 0 aromatic heterocycles. The standard InChI is InChI=1S/C14H9BrClFN2/c15-12-6-11(16)2-4-14(12)19-8-9-1-3-13(17)10(5-9)7-18/h1-6,19H,8H2. The molecule has 0 saturated carbocycles. The molecule has 0 bridgehead atoms. The third-order valence-corrected chi connectivity index (χ3v) is 3.46. The van der Waals surface area contributed by atoms with E-state index in [2.05, 4.69) is 21.2 Å². The molecule has 96 valence electrons. The first-order valence-corrected chi connectivity index (χ1v) is 6.64. The largest absolute Gasteiger partial charge is 0.380 e. The van der Waals surface area contributed by atoms with Crippen LogP contribution in [0, 0.1) is 17.1 Å². The summed E-state index contributed by atoms with van der Waals surface area (Å²) in [7, 11) is 0. The molecule has 2 rings (SSSR count). The molecule has 2 aromatic rings. The quantitative estimate of drug-likeness (QED) is 0.878. The number of anilines is 1.